The minimum absolute atomic E-state index is 0.184. The molecule has 0 N–H and O–H groups in total. The second-order valence-electron chi connectivity index (χ2n) is 8.79. The number of pyridine rings is 1. The van der Waals surface area contributed by atoms with E-state index in [2.05, 4.69) is 11.1 Å². The summed E-state index contributed by atoms with van der Waals surface area (Å²) in [6.45, 7) is 11.4. The van der Waals surface area contributed by atoms with Crippen LogP contribution in [-0.4, -0.2) is 40.8 Å². The number of rotatable bonds is 2. The summed E-state index contributed by atoms with van der Waals surface area (Å²) >= 11 is 0. The van der Waals surface area contributed by atoms with Gasteiger partial charge in [-0.05, 0) is 71.9 Å². The molecule has 0 bridgehead atoms. The summed E-state index contributed by atoms with van der Waals surface area (Å²) in [4.78, 5) is 18.4. The summed E-state index contributed by atoms with van der Waals surface area (Å²) in [5.74, 6) is 0.760. The standard InChI is InChI=1S/C20H30N2O3/c1-14-10-15(2)17(21-11-14)24-16-6-8-20(9-7-16)12-22(13-20)18(23)25-19(3,4)5/h10-11,16H,6-9,12-13H2,1-5H3. The molecule has 1 aliphatic heterocycles. The largest absolute Gasteiger partial charge is 0.474 e. The lowest BCUT2D eigenvalue weighted by Crippen LogP contribution is -2.60. The second-order valence-corrected chi connectivity index (χ2v) is 8.79. The fourth-order valence-electron chi connectivity index (χ4n) is 3.84. The summed E-state index contributed by atoms with van der Waals surface area (Å²) in [7, 11) is 0. The maximum absolute atomic E-state index is 12.1. The third-order valence-corrected chi connectivity index (χ3v) is 5.14. The number of amides is 1. The number of aromatic nitrogens is 1. The number of likely N-dealkylation sites (tertiary alicyclic amines) is 1. The molecule has 0 aromatic carbocycles. The number of carbonyl (C=O) groups is 1. The van der Waals surface area contributed by atoms with Gasteiger partial charge in [0.1, 0.15) is 11.7 Å². The highest BCUT2D eigenvalue weighted by atomic mass is 16.6. The van der Waals surface area contributed by atoms with Gasteiger partial charge in [0, 0.05) is 30.3 Å². The van der Waals surface area contributed by atoms with E-state index in [0.29, 0.717) is 0 Å². The van der Waals surface area contributed by atoms with Crippen LogP contribution in [0, 0.1) is 19.3 Å². The third kappa shape index (κ3) is 4.25. The molecular formula is C20H30N2O3. The average molecular weight is 346 g/mol. The van der Waals surface area contributed by atoms with Crippen molar-refractivity contribution < 1.29 is 14.3 Å². The quantitative estimate of drug-likeness (QED) is 0.803. The predicted octanol–water partition coefficient (Wildman–Crippen LogP) is 4.26. The summed E-state index contributed by atoms with van der Waals surface area (Å²) in [5.41, 5.74) is 2.10. The van der Waals surface area contributed by atoms with Gasteiger partial charge in [0.2, 0.25) is 5.88 Å². The number of ether oxygens (including phenoxy) is 2. The van der Waals surface area contributed by atoms with Gasteiger partial charge in [0.05, 0.1) is 0 Å². The van der Waals surface area contributed by atoms with Gasteiger partial charge in [-0.25, -0.2) is 9.78 Å². The van der Waals surface area contributed by atoms with Gasteiger partial charge in [0.25, 0.3) is 0 Å². The Morgan fingerprint density at radius 1 is 1.24 bits per heavy atom. The van der Waals surface area contributed by atoms with Crippen LogP contribution >= 0.6 is 0 Å². The van der Waals surface area contributed by atoms with E-state index in [0.717, 1.165) is 55.8 Å². The molecule has 1 saturated heterocycles. The molecule has 2 fully saturated rings. The van der Waals surface area contributed by atoms with Crippen LogP contribution in [0.5, 0.6) is 5.88 Å². The van der Waals surface area contributed by atoms with Crippen molar-refractivity contribution in [2.45, 2.75) is 72.0 Å². The van der Waals surface area contributed by atoms with Crippen molar-refractivity contribution >= 4 is 6.09 Å². The van der Waals surface area contributed by atoms with Crippen molar-refractivity contribution in [3.05, 3.63) is 23.4 Å². The fourth-order valence-corrected chi connectivity index (χ4v) is 3.84. The predicted molar refractivity (Wildman–Crippen MR) is 96.8 cm³/mol. The summed E-state index contributed by atoms with van der Waals surface area (Å²) in [6, 6.07) is 2.11. The molecule has 0 atom stereocenters. The smallest absolute Gasteiger partial charge is 0.410 e. The number of hydrogen-bond donors (Lipinski definition) is 0. The molecule has 3 rings (SSSR count). The number of nitrogens with zero attached hydrogens (tertiary/aromatic N) is 2. The van der Waals surface area contributed by atoms with E-state index in [4.69, 9.17) is 9.47 Å². The van der Waals surface area contributed by atoms with Crippen LogP contribution in [0.1, 0.15) is 57.6 Å². The van der Waals surface area contributed by atoms with Gasteiger partial charge in [-0.2, -0.15) is 0 Å². The molecule has 1 aromatic rings. The Balaban J connectivity index is 1.48. The molecule has 2 heterocycles. The summed E-state index contributed by atoms with van der Waals surface area (Å²) in [6.07, 6.45) is 6.15. The van der Waals surface area contributed by atoms with Crippen molar-refractivity contribution in [3.8, 4) is 5.88 Å². The Labute approximate surface area is 150 Å². The molecule has 1 amide bonds. The molecule has 1 aromatic heterocycles. The van der Waals surface area contributed by atoms with E-state index in [1.165, 1.54) is 0 Å². The van der Waals surface area contributed by atoms with Crippen molar-refractivity contribution in [3.63, 3.8) is 0 Å². The Kier molecular flexibility index (Phi) is 4.69. The zero-order valence-electron chi connectivity index (χ0n) is 16.1. The number of carbonyl (C=O) groups excluding carboxylic acids is 1. The Hall–Kier alpha value is -1.78. The Bertz CT molecular complexity index is 635. The molecule has 5 nitrogen and oxygen atoms in total. The molecule has 1 saturated carbocycles. The zero-order valence-corrected chi connectivity index (χ0v) is 16.1. The maximum Gasteiger partial charge on any atom is 0.410 e. The maximum atomic E-state index is 12.1. The first-order valence-corrected chi connectivity index (χ1v) is 9.24. The van der Waals surface area contributed by atoms with Crippen LogP contribution in [0.4, 0.5) is 4.79 Å². The van der Waals surface area contributed by atoms with Crippen LogP contribution in [0.2, 0.25) is 0 Å². The molecule has 5 heteroatoms. The van der Waals surface area contributed by atoms with Crippen molar-refractivity contribution in [1.82, 2.24) is 9.88 Å². The Morgan fingerprint density at radius 3 is 2.44 bits per heavy atom. The normalized spacial score (nSPS) is 20.3. The van der Waals surface area contributed by atoms with Gasteiger partial charge in [-0.1, -0.05) is 0 Å². The van der Waals surface area contributed by atoms with Crippen LogP contribution in [-0.2, 0) is 4.74 Å². The highest BCUT2D eigenvalue weighted by Gasteiger charge is 2.48. The first-order valence-electron chi connectivity index (χ1n) is 9.24. The van der Waals surface area contributed by atoms with Gasteiger partial charge in [0.15, 0.2) is 0 Å². The van der Waals surface area contributed by atoms with Crippen LogP contribution in [0.15, 0.2) is 12.3 Å². The van der Waals surface area contributed by atoms with Crippen LogP contribution in [0.3, 0.4) is 0 Å². The SMILES string of the molecule is Cc1cnc(OC2CCC3(CC2)CN(C(=O)OC(C)(C)C)C3)c(C)c1. The number of hydrogen-bond acceptors (Lipinski definition) is 4. The van der Waals surface area contributed by atoms with Crippen molar-refractivity contribution in [2.24, 2.45) is 5.41 Å². The van der Waals surface area contributed by atoms with Crippen LogP contribution < -0.4 is 4.74 Å². The third-order valence-electron chi connectivity index (χ3n) is 5.14. The first kappa shape index (κ1) is 18.0. The molecule has 138 valence electrons. The minimum atomic E-state index is -0.426. The molecule has 0 radical (unpaired) electrons. The molecule has 0 unspecified atom stereocenters. The van der Waals surface area contributed by atoms with E-state index in [9.17, 15) is 4.79 Å². The number of aryl methyl sites for hydroxylation is 2. The highest BCUT2D eigenvalue weighted by Crippen LogP contribution is 2.45. The Morgan fingerprint density at radius 2 is 1.88 bits per heavy atom. The van der Waals surface area contributed by atoms with E-state index in [1.807, 2.05) is 45.7 Å². The average Bonchev–Trinajstić information content (AvgIpc) is 2.47. The topological polar surface area (TPSA) is 51.7 Å². The first-order chi connectivity index (χ1) is 11.7. The lowest BCUT2D eigenvalue weighted by molar-refractivity contribution is -0.0611. The van der Waals surface area contributed by atoms with Gasteiger partial charge in [-0.3, -0.25) is 0 Å². The van der Waals surface area contributed by atoms with Gasteiger partial charge >= 0.3 is 6.09 Å². The summed E-state index contributed by atoms with van der Waals surface area (Å²) < 4.78 is 11.6. The molecular weight excluding hydrogens is 316 g/mol. The van der Waals surface area contributed by atoms with E-state index in [1.54, 1.807) is 0 Å². The van der Waals surface area contributed by atoms with Gasteiger partial charge in [-0.15, -0.1) is 0 Å². The van der Waals surface area contributed by atoms with Crippen molar-refractivity contribution in [1.29, 1.82) is 0 Å². The van der Waals surface area contributed by atoms with Crippen molar-refractivity contribution in [2.75, 3.05) is 13.1 Å². The van der Waals surface area contributed by atoms with E-state index in [-0.39, 0.29) is 17.6 Å². The van der Waals surface area contributed by atoms with E-state index < -0.39 is 5.60 Å². The molecule has 1 spiro atoms. The van der Waals surface area contributed by atoms with Gasteiger partial charge < -0.3 is 14.4 Å². The lowest BCUT2D eigenvalue weighted by Gasteiger charge is -2.53. The second kappa shape index (κ2) is 6.50. The molecule has 2 aliphatic rings. The zero-order chi connectivity index (χ0) is 18.2. The molecule has 1 aliphatic carbocycles. The molecule has 25 heavy (non-hydrogen) atoms. The van der Waals surface area contributed by atoms with Crippen LogP contribution in [0.25, 0.3) is 0 Å². The summed E-state index contributed by atoms with van der Waals surface area (Å²) in [5, 5.41) is 0. The monoisotopic (exact) mass is 346 g/mol. The highest BCUT2D eigenvalue weighted by molar-refractivity contribution is 5.69. The fraction of sp³-hybridized carbons (Fsp3) is 0.700. The lowest BCUT2D eigenvalue weighted by atomic mass is 9.68. The van der Waals surface area contributed by atoms with E-state index >= 15 is 0 Å². The minimum Gasteiger partial charge on any atom is -0.474 e.